The molecule has 0 saturated carbocycles. The normalized spacial score (nSPS) is 14.4. The van der Waals surface area contributed by atoms with Crippen molar-refractivity contribution in [2.24, 2.45) is 5.92 Å². The van der Waals surface area contributed by atoms with Crippen molar-refractivity contribution in [3.05, 3.63) is 34.9 Å². The summed E-state index contributed by atoms with van der Waals surface area (Å²) < 4.78 is 5.33. The maximum Gasteiger partial charge on any atom is 0.407 e. The van der Waals surface area contributed by atoms with Crippen LogP contribution in [0.3, 0.4) is 0 Å². The highest BCUT2D eigenvalue weighted by Crippen LogP contribution is 2.17. The number of halogens is 1. The Kier molecular flexibility index (Phi) is 7.36. The van der Waals surface area contributed by atoms with E-state index in [4.69, 9.17) is 16.3 Å². The molecule has 0 aliphatic rings. The molecule has 1 rings (SSSR count). The summed E-state index contributed by atoms with van der Waals surface area (Å²) in [4.78, 5) is 12.0. The molecule has 0 radical (unpaired) electrons. The van der Waals surface area contributed by atoms with Gasteiger partial charge in [0.05, 0.1) is 0 Å². The molecule has 130 valence electrons. The van der Waals surface area contributed by atoms with Crippen LogP contribution < -0.4 is 10.6 Å². The first-order valence-corrected chi connectivity index (χ1v) is 8.44. The Morgan fingerprint density at radius 1 is 1.26 bits per heavy atom. The van der Waals surface area contributed by atoms with Crippen molar-refractivity contribution in [1.29, 1.82) is 0 Å². The van der Waals surface area contributed by atoms with Crippen LogP contribution in [0.1, 0.15) is 53.1 Å². The maximum absolute atomic E-state index is 12.0. The molecule has 2 atom stereocenters. The van der Waals surface area contributed by atoms with Gasteiger partial charge < -0.3 is 15.4 Å². The van der Waals surface area contributed by atoms with Crippen molar-refractivity contribution in [3.8, 4) is 0 Å². The zero-order valence-corrected chi connectivity index (χ0v) is 15.7. The molecule has 0 heterocycles. The largest absolute Gasteiger partial charge is 0.444 e. The number of amides is 1. The van der Waals surface area contributed by atoms with Crippen LogP contribution in [0.15, 0.2) is 24.3 Å². The number of carbonyl (C=O) groups is 1. The fraction of sp³-hybridized carbons (Fsp3) is 0.611. The maximum atomic E-state index is 12.0. The standard InChI is InChI=1S/C18H29ClN2O2/c1-12(2)16(21-17(22)23-18(4,5)6)11-20-13(3)14-8-7-9-15(19)10-14/h7-10,12-13,16,20H,11H2,1-6H3,(H,21,22). The van der Waals surface area contributed by atoms with Crippen molar-refractivity contribution < 1.29 is 9.53 Å². The van der Waals surface area contributed by atoms with Crippen LogP contribution in [-0.2, 0) is 4.74 Å². The number of alkyl carbamates (subject to hydrolysis) is 1. The minimum atomic E-state index is -0.493. The molecule has 0 saturated heterocycles. The minimum Gasteiger partial charge on any atom is -0.444 e. The Morgan fingerprint density at radius 2 is 1.91 bits per heavy atom. The van der Waals surface area contributed by atoms with Gasteiger partial charge in [0.1, 0.15) is 5.60 Å². The lowest BCUT2D eigenvalue weighted by Gasteiger charge is -2.27. The first-order chi connectivity index (χ1) is 10.6. The zero-order chi connectivity index (χ0) is 17.6. The molecule has 0 aliphatic heterocycles. The smallest absolute Gasteiger partial charge is 0.407 e. The van der Waals surface area contributed by atoms with Gasteiger partial charge in [-0.1, -0.05) is 37.6 Å². The van der Waals surface area contributed by atoms with E-state index in [0.717, 1.165) is 10.6 Å². The Labute approximate surface area is 144 Å². The number of ether oxygens (including phenoxy) is 1. The van der Waals surface area contributed by atoms with Gasteiger partial charge in [0, 0.05) is 23.7 Å². The van der Waals surface area contributed by atoms with Gasteiger partial charge in [-0.2, -0.15) is 0 Å². The van der Waals surface area contributed by atoms with E-state index in [9.17, 15) is 4.79 Å². The quantitative estimate of drug-likeness (QED) is 0.799. The van der Waals surface area contributed by atoms with Gasteiger partial charge >= 0.3 is 6.09 Å². The molecule has 4 nitrogen and oxygen atoms in total. The lowest BCUT2D eigenvalue weighted by atomic mass is 10.0. The van der Waals surface area contributed by atoms with Gasteiger partial charge in [-0.15, -0.1) is 0 Å². The third-order valence-electron chi connectivity index (χ3n) is 3.50. The molecular formula is C18H29ClN2O2. The van der Waals surface area contributed by atoms with Crippen LogP contribution in [-0.4, -0.2) is 24.3 Å². The van der Waals surface area contributed by atoms with Crippen LogP contribution in [0.5, 0.6) is 0 Å². The lowest BCUT2D eigenvalue weighted by molar-refractivity contribution is 0.0489. The molecule has 1 amide bonds. The minimum absolute atomic E-state index is 0.00789. The average molecular weight is 341 g/mol. The zero-order valence-electron chi connectivity index (χ0n) is 14.9. The van der Waals surface area contributed by atoms with Crippen molar-refractivity contribution in [3.63, 3.8) is 0 Å². The van der Waals surface area contributed by atoms with Crippen molar-refractivity contribution in [2.45, 2.75) is 59.2 Å². The fourth-order valence-electron chi connectivity index (χ4n) is 2.11. The van der Waals surface area contributed by atoms with Crippen LogP contribution in [0.25, 0.3) is 0 Å². The highest BCUT2D eigenvalue weighted by atomic mass is 35.5. The number of nitrogens with one attached hydrogen (secondary N) is 2. The molecule has 1 aromatic carbocycles. The van der Waals surface area contributed by atoms with E-state index in [1.165, 1.54) is 0 Å². The Bertz CT molecular complexity index is 512. The molecule has 0 aliphatic carbocycles. The van der Waals surface area contributed by atoms with Gasteiger partial charge in [-0.3, -0.25) is 0 Å². The van der Waals surface area contributed by atoms with Gasteiger partial charge in [0.15, 0.2) is 0 Å². The molecule has 5 heteroatoms. The van der Waals surface area contributed by atoms with Crippen LogP contribution in [0.2, 0.25) is 5.02 Å². The molecule has 2 N–H and O–H groups in total. The first-order valence-electron chi connectivity index (χ1n) is 8.07. The van der Waals surface area contributed by atoms with Gasteiger partial charge in [-0.05, 0) is 51.3 Å². The fourth-order valence-corrected chi connectivity index (χ4v) is 2.31. The van der Waals surface area contributed by atoms with Crippen molar-refractivity contribution in [2.75, 3.05) is 6.54 Å². The number of hydrogen-bond acceptors (Lipinski definition) is 3. The summed E-state index contributed by atoms with van der Waals surface area (Å²) in [6.45, 7) is 12.5. The third-order valence-corrected chi connectivity index (χ3v) is 3.73. The van der Waals surface area contributed by atoms with Gasteiger partial charge in [-0.25, -0.2) is 4.79 Å². The molecule has 0 spiro atoms. The summed E-state index contributed by atoms with van der Waals surface area (Å²) >= 11 is 6.03. The molecule has 0 bridgehead atoms. The van der Waals surface area contributed by atoms with E-state index in [-0.39, 0.29) is 18.2 Å². The van der Waals surface area contributed by atoms with E-state index >= 15 is 0 Å². The predicted molar refractivity (Wildman–Crippen MR) is 95.9 cm³/mol. The highest BCUT2D eigenvalue weighted by molar-refractivity contribution is 6.30. The lowest BCUT2D eigenvalue weighted by Crippen LogP contribution is -2.47. The molecular weight excluding hydrogens is 312 g/mol. The molecule has 23 heavy (non-hydrogen) atoms. The topological polar surface area (TPSA) is 50.4 Å². The number of carbonyl (C=O) groups excluding carboxylic acids is 1. The Hall–Kier alpha value is -1.26. The molecule has 2 unspecified atom stereocenters. The second kappa shape index (κ2) is 8.55. The van der Waals surface area contributed by atoms with Crippen molar-refractivity contribution >= 4 is 17.7 Å². The van der Waals surface area contributed by atoms with E-state index in [0.29, 0.717) is 12.5 Å². The average Bonchev–Trinajstić information content (AvgIpc) is 2.40. The Morgan fingerprint density at radius 3 is 2.43 bits per heavy atom. The summed E-state index contributed by atoms with van der Waals surface area (Å²) in [5.74, 6) is 0.293. The predicted octanol–water partition coefficient (Wildman–Crippen LogP) is 4.54. The second-order valence-corrected chi connectivity index (χ2v) is 7.62. The van der Waals surface area contributed by atoms with Crippen molar-refractivity contribution in [1.82, 2.24) is 10.6 Å². The summed E-state index contributed by atoms with van der Waals surface area (Å²) in [5, 5.41) is 7.11. The summed E-state index contributed by atoms with van der Waals surface area (Å²) in [7, 11) is 0. The third kappa shape index (κ3) is 7.71. The van der Waals surface area contributed by atoms with Crippen LogP contribution in [0, 0.1) is 5.92 Å². The Balaban J connectivity index is 2.58. The summed E-state index contributed by atoms with van der Waals surface area (Å²) in [5.41, 5.74) is 0.630. The first kappa shape index (κ1) is 19.8. The summed E-state index contributed by atoms with van der Waals surface area (Å²) in [6, 6.07) is 7.93. The summed E-state index contributed by atoms with van der Waals surface area (Å²) in [6.07, 6.45) is -0.381. The van der Waals surface area contributed by atoms with E-state index in [1.54, 1.807) is 0 Å². The number of hydrogen-bond donors (Lipinski definition) is 2. The SMILES string of the molecule is CC(NCC(NC(=O)OC(C)(C)C)C(C)C)c1cccc(Cl)c1. The second-order valence-electron chi connectivity index (χ2n) is 7.18. The molecule has 1 aromatic rings. The van der Waals surface area contributed by atoms with E-state index in [1.807, 2.05) is 45.0 Å². The van der Waals surface area contributed by atoms with Crippen LogP contribution in [0.4, 0.5) is 4.79 Å². The molecule has 0 fully saturated rings. The van der Waals surface area contributed by atoms with E-state index < -0.39 is 5.60 Å². The highest BCUT2D eigenvalue weighted by Gasteiger charge is 2.21. The van der Waals surface area contributed by atoms with Gasteiger partial charge in [0.2, 0.25) is 0 Å². The monoisotopic (exact) mass is 340 g/mol. The van der Waals surface area contributed by atoms with E-state index in [2.05, 4.69) is 31.4 Å². The number of benzene rings is 1. The van der Waals surface area contributed by atoms with Crippen LogP contribution >= 0.6 is 11.6 Å². The molecule has 0 aromatic heterocycles. The van der Waals surface area contributed by atoms with Gasteiger partial charge in [0.25, 0.3) is 0 Å². The number of rotatable bonds is 6.